The van der Waals surface area contributed by atoms with Crippen LogP contribution < -0.4 is 19.5 Å². The number of amides is 1. The maximum atomic E-state index is 12.5. The molecule has 7 nitrogen and oxygen atoms in total. The smallest absolute Gasteiger partial charge is 0.261 e. The molecule has 1 aliphatic rings. The highest BCUT2D eigenvalue weighted by molar-refractivity contribution is 7.92. The molecule has 1 heterocycles. The molecule has 0 unspecified atom stereocenters. The number of fused-ring (bicyclic) bond motifs is 1. The number of carbonyl (C=O) groups excluding carboxylic acids is 1. The molecule has 0 bridgehead atoms. The van der Waals surface area contributed by atoms with Crippen LogP contribution in [0.15, 0.2) is 53.4 Å². The Bertz CT molecular complexity index is 921. The van der Waals surface area contributed by atoms with Crippen LogP contribution in [0, 0.1) is 0 Å². The van der Waals surface area contributed by atoms with Gasteiger partial charge >= 0.3 is 0 Å². The summed E-state index contributed by atoms with van der Waals surface area (Å²) in [5.74, 6) is 0.839. The molecule has 130 valence electrons. The molecule has 0 saturated heterocycles. The summed E-state index contributed by atoms with van der Waals surface area (Å²) in [6.07, 6.45) is 2.97. The first-order valence-electron chi connectivity index (χ1n) is 7.40. The van der Waals surface area contributed by atoms with E-state index in [1.54, 1.807) is 36.4 Å². The van der Waals surface area contributed by atoms with Crippen LogP contribution in [0.5, 0.6) is 11.5 Å². The summed E-state index contributed by atoms with van der Waals surface area (Å²) < 4.78 is 37.8. The molecule has 0 saturated carbocycles. The molecule has 0 aliphatic carbocycles. The molecule has 2 N–H and O–H groups in total. The van der Waals surface area contributed by atoms with Gasteiger partial charge in [-0.15, -0.1) is 0 Å². The van der Waals surface area contributed by atoms with Gasteiger partial charge in [-0.25, -0.2) is 8.42 Å². The summed E-state index contributed by atoms with van der Waals surface area (Å²) in [5, 5.41) is 2.47. The maximum Gasteiger partial charge on any atom is 0.261 e. The number of hydrogen-bond acceptors (Lipinski definition) is 5. The summed E-state index contributed by atoms with van der Waals surface area (Å²) in [6, 6.07) is 11.0. The van der Waals surface area contributed by atoms with Crippen molar-refractivity contribution in [3.05, 3.63) is 54.1 Å². The van der Waals surface area contributed by atoms with Gasteiger partial charge in [-0.2, -0.15) is 0 Å². The van der Waals surface area contributed by atoms with Crippen LogP contribution in [0.25, 0.3) is 6.08 Å². The normalized spacial score (nSPS) is 13.0. The highest BCUT2D eigenvalue weighted by Gasteiger charge is 2.17. The third-order valence-electron chi connectivity index (χ3n) is 3.49. The number of carbonyl (C=O) groups is 1. The lowest BCUT2D eigenvalue weighted by Crippen LogP contribution is -2.14. The lowest BCUT2D eigenvalue weighted by Gasteiger charge is -2.09. The molecule has 2 aromatic rings. The number of anilines is 1. The van der Waals surface area contributed by atoms with Crippen LogP contribution in [0.3, 0.4) is 0 Å². The lowest BCUT2D eigenvalue weighted by molar-refractivity contribution is -0.115. The molecule has 1 aliphatic heterocycles. The van der Waals surface area contributed by atoms with Gasteiger partial charge in [0, 0.05) is 19.2 Å². The summed E-state index contributed by atoms with van der Waals surface area (Å²) in [7, 11) is -2.20. The lowest BCUT2D eigenvalue weighted by atomic mass is 10.2. The SMILES string of the molecule is CNC(=O)/C=C/c1ccc(S(=O)(=O)Nc2ccc3c(c2)OCO3)cc1. The van der Waals surface area contributed by atoms with E-state index in [1.165, 1.54) is 25.3 Å². The van der Waals surface area contributed by atoms with Crippen molar-refractivity contribution in [2.45, 2.75) is 4.90 Å². The van der Waals surface area contributed by atoms with Crippen LogP contribution in [0.1, 0.15) is 5.56 Å². The van der Waals surface area contributed by atoms with E-state index in [0.29, 0.717) is 22.7 Å². The second-order valence-electron chi connectivity index (χ2n) is 5.19. The average Bonchev–Trinajstić information content (AvgIpc) is 3.07. The Morgan fingerprint density at radius 3 is 2.52 bits per heavy atom. The van der Waals surface area contributed by atoms with E-state index in [4.69, 9.17) is 9.47 Å². The predicted octanol–water partition coefficient (Wildman–Crippen LogP) is 1.98. The first kappa shape index (κ1) is 16.8. The van der Waals surface area contributed by atoms with Gasteiger partial charge in [0.1, 0.15) is 0 Å². The second kappa shape index (κ2) is 6.86. The van der Waals surface area contributed by atoms with Crippen molar-refractivity contribution in [2.24, 2.45) is 0 Å². The number of benzene rings is 2. The molecule has 0 aromatic heterocycles. The first-order chi connectivity index (χ1) is 12.0. The zero-order valence-corrected chi connectivity index (χ0v) is 14.2. The van der Waals surface area contributed by atoms with Gasteiger partial charge in [0.05, 0.1) is 10.6 Å². The molecule has 0 radical (unpaired) electrons. The summed E-state index contributed by atoms with van der Waals surface area (Å²) in [6.45, 7) is 0.122. The van der Waals surface area contributed by atoms with Crippen molar-refractivity contribution >= 4 is 27.7 Å². The van der Waals surface area contributed by atoms with Crippen molar-refractivity contribution in [1.82, 2.24) is 5.32 Å². The number of rotatable bonds is 5. The number of likely N-dealkylation sites (N-methyl/N-ethyl adjacent to an activating group) is 1. The first-order valence-corrected chi connectivity index (χ1v) is 8.88. The van der Waals surface area contributed by atoms with E-state index in [2.05, 4.69) is 10.0 Å². The van der Waals surface area contributed by atoms with Gasteiger partial charge in [0.2, 0.25) is 12.7 Å². The predicted molar refractivity (Wildman–Crippen MR) is 92.9 cm³/mol. The molecule has 3 rings (SSSR count). The summed E-state index contributed by atoms with van der Waals surface area (Å²) >= 11 is 0. The Kier molecular flexibility index (Phi) is 4.62. The molecule has 2 aromatic carbocycles. The van der Waals surface area contributed by atoms with Crippen molar-refractivity contribution in [1.29, 1.82) is 0 Å². The van der Waals surface area contributed by atoms with Crippen LogP contribution in [-0.2, 0) is 14.8 Å². The topological polar surface area (TPSA) is 93.7 Å². The van der Waals surface area contributed by atoms with Gasteiger partial charge < -0.3 is 14.8 Å². The minimum atomic E-state index is -3.73. The highest BCUT2D eigenvalue weighted by Crippen LogP contribution is 2.34. The van der Waals surface area contributed by atoms with Crippen molar-refractivity contribution in [3.8, 4) is 11.5 Å². The molecule has 8 heteroatoms. The fraction of sp³-hybridized carbons (Fsp3) is 0.118. The van der Waals surface area contributed by atoms with E-state index in [9.17, 15) is 13.2 Å². The standard InChI is InChI=1S/C17H16N2O5S/c1-18-17(20)9-4-12-2-6-14(7-3-12)25(21,22)19-13-5-8-15-16(10-13)24-11-23-15/h2-10,19H,11H2,1H3,(H,18,20)/b9-4+. The van der Waals surface area contributed by atoms with Crippen LogP contribution in [-0.4, -0.2) is 28.2 Å². The zero-order valence-electron chi connectivity index (χ0n) is 13.4. The summed E-state index contributed by atoms with van der Waals surface area (Å²) in [5.41, 5.74) is 1.10. The minimum absolute atomic E-state index is 0.113. The van der Waals surface area contributed by atoms with E-state index in [-0.39, 0.29) is 17.6 Å². The summed E-state index contributed by atoms with van der Waals surface area (Å²) in [4.78, 5) is 11.3. The van der Waals surface area contributed by atoms with Gasteiger partial charge in [-0.05, 0) is 35.9 Å². The number of ether oxygens (including phenoxy) is 2. The van der Waals surface area contributed by atoms with E-state index >= 15 is 0 Å². The second-order valence-corrected chi connectivity index (χ2v) is 6.87. The van der Waals surface area contributed by atoms with Gasteiger partial charge in [-0.3, -0.25) is 9.52 Å². The van der Waals surface area contributed by atoms with E-state index < -0.39 is 10.0 Å². The molecule has 0 atom stereocenters. The van der Waals surface area contributed by atoms with E-state index in [1.807, 2.05) is 0 Å². The fourth-order valence-corrected chi connectivity index (χ4v) is 3.24. The Balaban J connectivity index is 1.76. The zero-order chi connectivity index (χ0) is 17.9. The Hall–Kier alpha value is -3.00. The van der Waals surface area contributed by atoms with Gasteiger partial charge in [0.25, 0.3) is 10.0 Å². The Labute approximate surface area is 145 Å². The molecule has 0 spiro atoms. The minimum Gasteiger partial charge on any atom is -0.454 e. The van der Waals surface area contributed by atoms with E-state index in [0.717, 1.165) is 0 Å². The van der Waals surface area contributed by atoms with Crippen LogP contribution >= 0.6 is 0 Å². The molecule has 1 amide bonds. The molecule has 25 heavy (non-hydrogen) atoms. The van der Waals surface area contributed by atoms with Gasteiger partial charge in [-0.1, -0.05) is 12.1 Å². The quantitative estimate of drug-likeness (QED) is 0.795. The van der Waals surface area contributed by atoms with Gasteiger partial charge in [0.15, 0.2) is 11.5 Å². The van der Waals surface area contributed by atoms with Crippen LogP contribution in [0.2, 0.25) is 0 Å². The highest BCUT2D eigenvalue weighted by atomic mass is 32.2. The molecular weight excluding hydrogens is 344 g/mol. The molecular formula is C17H16N2O5S. The maximum absolute atomic E-state index is 12.5. The van der Waals surface area contributed by atoms with Crippen molar-refractivity contribution in [3.63, 3.8) is 0 Å². The Morgan fingerprint density at radius 1 is 1.08 bits per heavy atom. The third-order valence-corrected chi connectivity index (χ3v) is 4.89. The fourth-order valence-electron chi connectivity index (χ4n) is 2.19. The largest absolute Gasteiger partial charge is 0.454 e. The third kappa shape index (κ3) is 3.92. The molecule has 0 fully saturated rings. The monoisotopic (exact) mass is 360 g/mol. The average molecular weight is 360 g/mol. The number of hydrogen-bond donors (Lipinski definition) is 2. The van der Waals surface area contributed by atoms with Crippen molar-refractivity contribution < 1.29 is 22.7 Å². The number of nitrogens with one attached hydrogen (secondary N) is 2. The Morgan fingerprint density at radius 2 is 1.80 bits per heavy atom. The number of sulfonamides is 1. The van der Waals surface area contributed by atoms with Crippen LogP contribution in [0.4, 0.5) is 5.69 Å². The van der Waals surface area contributed by atoms with Crippen molar-refractivity contribution in [2.75, 3.05) is 18.6 Å².